The van der Waals surface area contributed by atoms with Crippen molar-refractivity contribution in [3.05, 3.63) is 20.9 Å². The van der Waals surface area contributed by atoms with Crippen molar-refractivity contribution in [1.82, 2.24) is 30.7 Å². The summed E-state index contributed by atoms with van der Waals surface area (Å²) >= 11 is 0. The number of hydrogen-bond acceptors (Lipinski definition) is 13. The summed E-state index contributed by atoms with van der Waals surface area (Å²) in [4.78, 5) is 35.7. The molecule has 0 aliphatic rings. The van der Waals surface area contributed by atoms with Crippen LogP contribution in [-0.4, -0.2) is 158 Å². The Morgan fingerprint density at radius 3 is 1.49 bits per heavy atom. The highest BCUT2D eigenvalue weighted by Gasteiger charge is 2.12. The van der Waals surface area contributed by atoms with E-state index >= 15 is 0 Å². The Labute approximate surface area is 254 Å². The number of nitrogens with one attached hydrogen (secondary N) is 3. The zero-order valence-electron chi connectivity index (χ0n) is 25.4. The molecule has 19 nitrogen and oxygen atoms in total. The van der Waals surface area contributed by atoms with Crippen molar-refractivity contribution in [2.75, 3.05) is 131 Å². The Morgan fingerprint density at radius 1 is 0.605 bits per heavy atom. The molecule has 2 amide bonds. The van der Waals surface area contributed by atoms with Gasteiger partial charge in [0.25, 0.3) is 0 Å². The van der Waals surface area contributed by atoms with Crippen molar-refractivity contribution < 1.29 is 19.1 Å². The molecule has 0 aromatic rings. The summed E-state index contributed by atoms with van der Waals surface area (Å²) in [5.74, 6) is 0. The predicted octanol–water partition coefficient (Wildman–Crippen LogP) is -0.789. The molecule has 19 heteroatoms. The molecule has 248 valence electrons. The van der Waals surface area contributed by atoms with Gasteiger partial charge in [-0.05, 0) is 23.9 Å². The first kappa shape index (κ1) is 39.9. The number of nitrogens with two attached hydrogens (primary N) is 3. The summed E-state index contributed by atoms with van der Waals surface area (Å²) in [7, 11) is 0. The van der Waals surface area contributed by atoms with E-state index in [0.29, 0.717) is 65.2 Å². The first-order valence-corrected chi connectivity index (χ1v) is 14.8. The van der Waals surface area contributed by atoms with Gasteiger partial charge in [-0.2, -0.15) is 0 Å². The fourth-order valence-corrected chi connectivity index (χ4v) is 3.84. The van der Waals surface area contributed by atoms with Crippen LogP contribution in [0.3, 0.4) is 0 Å². The molecule has 0 saturated carbocycles. The molecule has 0 radical (unpaired) electrons. The van der Waals surface area contributed by atoms with Crippen molar-refractivity contribution in [3.63, 3.8) is 0 Å². The van der Waals surface area contributed by atoms with Crippen LogP contribution in [0.4, 0.5) is 9.59 Å². The van der Waals surface area contributed by atoms with E-state index in [4.69, 9.17) is 37.7 Å². The average molecular weight is 616 g/mol. The van der Waals surface area contributed by atoms with Crippen LogP contribution in [0.2, 0.25) is 0 Å². The van der Waals surface area contributed by atoms with Crippen molar-refractivity contribution in [2.24, 2.45) is 27.4 Å². The van der Waals surface area contributed by atoms with Crippen LogP contribution in [0.15, 0.2) is 10.2 Å². The highest BCUT2D eigenvalue weighted by molar-refractivity contribution is 5.67. The summed E-state index contributed by atoms with van der Waals surface area (Å²) < 4.78 is 10.1. The highest BCUT2D eigenvalue weighted by atomic mass is 16.6. The predicted molar refractivity (Wildman–Crippen MR) is 165 cm³/mol. The Kier molecular flexibility index (Phi) is 28.1. The minimum atomic E-state index is -0.505. The lowest BCUT2D eigenvalue weighted by atomic mass is 10.3. The SMILES string of the molecule is [N-]=[N+]=NCCCOC(=O)NCCNCCN(CCN(CCN)CCN)CCN(CCN)CCNC(=O)OCCCN=[N+]=[N-]. The van der Waals surface area contributed by atoms with E-state index in [2.05, 4.69) is 50.7 Å². The summed E-state index contributed by atoms with van der Waals surface area (Å²) in [6, 6.07) is 0. The second kappa shape index (κ2) is 30.3. The third kappa shape index (κ3) is 26.3. The van der Waals surface area contributed by atoms with Crippen molar-refractivity contribution in [3.8, 4) is 0 Å². The van der Waals surface area contributed by atoms with Crippen LogP contribution >= 0.6 is 0 Å². The third-order valence-electron chi connectivity index (χ3n) is 6.07. The smallest absolute Gasteiger partial charge is 0.407 e. The van der Waals surface area contributed by atoms with Crippen LogP contribution in [0.25, 0.3) is 20.9 Å². The first-order valence-electron chi connectivity index (χ1n) is 14.8. The molecule has 0 atom stereocenters. The largest absolute Gasteiger partial charge is 0.450 e. The van der Waals surface area contributed by atoms with Gasteiger partial charge in [0.05, 0.1) is 13.2 Å². The molecule has 0 rings (SSSR count). The monoisotopic (exact) mass is 615 g/mol. The lowest BCUT2D eigenvalue weighted by molar-refractivity contribution is 0.142. The van der Waals surface area contributed by atoms with E-state index in [-0.39, 0.29) is 26.3 Å². The molecule has 0 unspecified atom stereocenters. The molecular formula is C24H53N15O4. The maximum absolute atomic E-state index is 11.9. The Balaban J connectivity index is 4.60. The number of amides is 2. The van der Waals surface area contributed by atoms with E-state index in [1.54, 1.807) is 0 Å². The maximum Gasteiger partial charge on any atom is 0.407 e. The molecule has 43 heavy (non-hydrogen) atoms. The number of hydrogen-bond donors (Lipinski definition) is 6. The number of rotatable bonds is 29. The van der Waals surface area contributed by atoms with Crippen LogP contribution < -0.4 is 33.2 Å². The highest BCUT2D eigenvalue weighted by Crippen LogP contribution is 1.96. The number of alkyl carbamates (subject to hydrolysis) is 2. The number of carbonyl (C=O) groups excluding carboxylic acids is 2. The Bertz CT molecular complexity index is 791. The number of azide groups is 2. The zero-order valence-corrected chi connectivity index (χ0v) is 25.4. The third-order valence-corrected chi connectivity index (χ3v) is 6.07. The fourth-order valence-electron chi connectivity index (χ4n) is 3.84. The van der Waals surface area contributed by atoms with Crippen LogP contribution in [0, 0.1) is 0 Å². The van der Waals surface area contributed by atoms with Gasteiger partial charge < -0.3 is 42.6 Å². The van der Waals surface area contributed by atoms with E-state index < -0.39 is 12.2 Å². The molecule has 0 heterocycles. The standard InChI is InChI=1S/C24H53N15O4/c25-3-12-37(13-4-26)17-19-39(15-10-30-8-9-31-23(40)42-21-1-6-33-35-28)20-18-38(14-5-27)16-11-32-24(41)43-22-2-7-34-36-29/h30H,1-22,25-27H2,(H,31,40)(H,32,41). The van der Waals surface area contributed by atoms with E-state index in [9.17, 15) is 9.59 Å². The van der Waals surface area contributed by atoms with Crippen LogP contribution in [0.1, 0.15) is 12.8 Å². The first-order chi connectivity index (χ1) is 21.0. The number of nitrogens with zero attached hydrogens (tertiary/aromatic N) is 9. The molecule has 0 aromatic heterocycles. The zero-order chi connectivity index (χ0) is 31.8. The topological polar surface area (TPSA) is 274 Å². The normalized spacial score (nSPS) is 10.8. The molecule has 0 aromatic carbocycles. The second-order valence-electron chi connectivity index (χ2n) is 9.38. The average Bonchev–Trinajstić information content (AvgIpc) is 2.99. The lowest BCUT2D eigenvalue weighted by Crippen LogP contribution is -2.46. The summed E-state index contributed by atoms with van der Waals surface area (Å²) in [6.45, 7) is 11.6. The molecule has 0 bridgehead atoms. The minimum Gasteiger partial charge on any atom is -0.450 e. The van der Waals surface area contributed by atoms with Gasteiger partial charge in [0, 0.05) is 128 Å². The lowest BCUT2D eigenvalue weighted by Gasteiger charge is -2.30. The van der Waals surface area contributed by atoms with Gasteiger partial charge >= 0.3 is 12.2 Å². The number of ether oxygens (including phenoxy) is 2. The molecule has 0 aliphatic heterocycles. The molecular weight excluding hydrogens is 562 g/mol. The Hall–Kier alpha value is -3.12. The molecule has 0 spiro atoms. The number of carbonyl (C=O) groups is 2. The van der Waals surface area contributed by atoms with Crippen molar-refractivity contribution in [1.29, 1.82) is 0 Å². The molecule has 0 fully saturated rings. The molecule has 0 aliphatic carbocycles. The van der Waals surface area contributed by atoms with Crippen LogP contribution in [-0.2, 0) is 9.47 Å². The maximum atomic E-state index is 11.9. The second-order valence-corrected chi connectivity index (χ2v) is 9.38. The summed E-state index contributed by atoms with van der Waals surface area (Å²) in [5.41, 5.74) is 33.9. The van der Waals surface area contributed by atoms with Gasteiger partial charge in [0.1, 0.15) is 0 Å². The van der Waals surface area contributed by atoms with Crippen molar-refractivity contribution >= 4 is 12.2 Å². The fraction of sp³-hybridized carbons (Fsp3) is 0.917. The Morgan fingerprint density at radius 2 is 1.02 bits per heavy atom. The van der Waals surface area contributed by atoms with Crippen molar-refractivity contribution in [2.45, 2.75) is 12.8 Å². The van der Waals surface area contributed by atoms with Gasteiger partial charge in [-0.1, -0.05) is 10.2 Å². The van der Waals surface area contributed by atoms with Gasteiger partial charge in [-0.25, -0.2) is 9.59 Å². The van der Waals surface area contributed by atoms with Crippen LogP contribution in [0.5, 0.6) is 0 Å². The van der Waals surface area contributed by atoms with Gasteiger partial charge in [0.2, 0.25) is 0 Å². The minimum absolute atomic E-state index is 0.186. The quantitative estimate of drug-likeness (QED) is 0.0262. The van der Waals surface area contributed by atoms with Gasteiger partial charge in [0.15, 0.2) is 0 Å². The van der Waals surface area contributed by atoms with Gasteiger partial charge in [-0.3, -0.25) is 14.7 Å². The molecule has 0 saturated heterocycles. The molecule has 9 N–H and O–H groups in total. The summed E-state index contributed by atoms with van der Waals surface area (Å²) in [5, 5.41) is 15.6. The summed E-state index contributed by atoms with van der Waals surface area (Å²) in [6.07, 6.45) is -0.0570. The van der Waals surface area contributed by atoms with E-state index in [1.165, 1.54) is 0 Å². The van der Waals surface area contributed by atoms with E-state index in [0.717, 1.165) is 52.4 Å². The van der Waals surface area contributed by atoms with Gasteiger partial charge in [-0.15, -0.1) is 0 Å². The van der Waals surface area contributed by atoms with E-state index in [1.807, 2.05) is 0 Å².